The van der Waals surface area contributed by atoms with Gasteiger partial charge in [0.2, 0.25) is 5.88 Å². The molecule has 0 fully saturated rings. The third-order valence-electron chi connectivity index (χ3n) is 1.47. The van der Waals surface area contributed by atoms with Gasteiger partial charge in [0.05, 0.1) is 12.8 Å². The molecule has 1 aromatic heterocycles. The van der Waals surface area contributed by atoms with Gasteiger partial charge in [0, 0.05) is 5.56 Å². The summed E-state index contributed by atoms with van der Waals surface area (Å²) in [5.74, 6) is 0.669. The Balaban J connectivity index is 3.12. The first-order valence-corrected chi connectivity index (χ1v) is 3.42. The lowest BCUT2D eigenvalue weighted by Crippen LogP contribution is -1.92. The predicted octanol–water partition coefficient (Wildman–Crippen LogP) is 2.04. The smallest absolute Gasteiger partial charge is 0.216 e. The Morgan fingerprint density at radius 2 is 2.27 bits per heavy atom. The molecule has 0 atom stereocenters. The highest BCUT2D eigenvalue weighted by molar-refractivity contribution is 5.44. The summed E-state index contributed by atoms with van der Waals surface area (Å²) < 4.78 is 5.03. The van der Waals surface area contributed by atoms with Crippen LogP contribution in [0, 0.1) is 6.92 Å². The summed E-state index contributed by atoms with van der Waals surface area (Å²) in [5, 5.41) is 0. The number of hydrogen-bond acceptors (Lipinski definition) is 2. The van der Waals surface area contributed by atoms with Crippen LogP contribution in [0.1, 0.15) is 11.3 Å². The van der Waals surface area contributed by atoms with Crippen molar-refractivity contribution in [3.8, 4) is 5.88 Å². The van der Waals surface area contributed by atoms with Crippen molar-refractivity contribution < 1.29 is 4.74 Å². The highest BCUT2D eigenvalue weighted by atomic mass is 16.5. The number of rotatable bonds is 2. The number of methoxy groups -OCH3 is 1. The predicted molar refractivity (Wildman–Crippen MR) is 45.6 cm³/mol. The fraction of sp³-hybridized carbons (Fsp3) is 0.222. The molecule has 0 saturated carbocycles. The van der Waals surface area contributed by atoms with Gasteiger partial charge in [0.1, 0.15) is 0 Å². The largest absolute Gasteiger partial charge is 0.481 e. The number of aryl methyl sites for hydroxylation is 1. The lowest BCUT2D eigenvalue weighted by atomic mass is 10.2. The highest BCUT2D eigenvalue weighted by Gasteiger charge is 1.98. The standard InChI is InChI=1S/C9H11NO/c1-4-8-6-5-7(2)9(10-8)11-3/h4-6H,1H2,2-3H3. The Hall–Kier alpha value is -1.31. The normalized spacial score (nSPS) is 9.27. The second kappa shape index (κ2) is 3.19. The van der Waals surface area contributed by atoms with Crippen LogP contribution in [-0.2, 0) is 0 Å². The molecule has 0 unspecified atom stereocenters. The van der Waals surface area contributed by atoms with Crippen LogP contribution >= 0.6 is 0 Å². The zero-order valence-corrected chi connectivity index (χ0v) is 6.79. The number of hydrogen-bond donors (Lipinski definition) is 0. The van der Waals surface area contributed by atoms with Gasteiger partial charge in [-0.25, -0.2) is 4.98 Å². The maximum Gasteiger partial charge on any atom is 0.216 e. The second-order valence-corrected chi connectivity index (χ2v) is 2.27. The Labute approximate surface area is 66.5 Å². The summed E-state index contributed by atoms with van der Waals surface area (Å²) in [6.07, 6.45) is 1.70. The highest BCUT2D eigenvalue weighted by Crippen LogP contribution is 2.14. The molecule has 0 aromatic carbocycles. The minimum Gasteiger partial charge on any atom is -0.481 e. The second-order valence-electron chi connectivity index (χ2n) is 2.27. The number of pyridine rings is 1. The lowest BCUT2D eigenvalue weighted by Gasteiger charge is -2.02. The van der Waals surface area contributed by atoms with Crippen LogP contribution in [0.5, 0.6) is 5.88 Å². The van der Waals surface area contributed by atoms with Gasteiger partial charge < -0.3 is 4.74 Å². The maximum absolute atomic E-state index is 5.03. The topological polar surface area (TPSA) is 22.1 Å². The van der Waals surface area contributed by atoms with Crippen molar-refractivity contribution in [3.63, 3.8) is 0 Å². The molecule has 0 aliphatic heterocycles. The maximum atomic E-state index is 5.03. The first-order valence-electron chi connectivity index (χ1n) is 3.42. The molecule has 0 radical (unpaired) electrons. The summed E-state index contributed by atoms with van der Waals surface area (Å²) in [7, 11) is 1.61. The van der Waals surface area contributed by atoms with Crippen molar-refractivity contribution in [1.82, 2.24) is 4.98 Å². The van der Waals surface area contributed by atoms with Crippen molar-refractivity contribution in [2.75, 3.05) is 7.11 Å². The number of ether oxygens (including phenoxy) is 1. The molecule has 0 amide bonds. The van der Waals surface area contributed by atoms with E-state index in [4.69, 9.17) is 4.74 Å². The monoisotopic (exact) mass is 149 g/mol. The van der Waals surface area contributed by atoms with Crippen LogP contribution in [0.15, 0.2) is 18.7 Å². The summed E-state index contributed by atoms with van der Waals surface area (Å²) in [6.45, 7) is 5.57. The van der Waals surface area contributed by atoms with E-state index in [2.05, 4.69) is 11.6 Å². The van der Waals surface area contributed by atoms with Crippen molar-refractivity contribution in [1.29, 1.82) is 0 Å². The minimum atomic E-state index is 0.669. The number of aromatic nitrogens is 1. The van der Waals surface area contributed by atoms with E-state index < -0.39 is 0 Å². The van der Waals surface area contributed by atoms with Gasteiger partial charge in [0.15, 0.2) is 0 Å². The van der Waals surface area contributed by atoms with Crippen LogP contribution in [0.25, 0.3) is 6.08 Å². The van der Waals surface area contributed by atoms with Crippen LogP contribution in [0.3, 0.4) is 0 Å². The molecule has 2 heteroatoms. The molecular formula is C9H11NO. The first-order chi connectivity index (χ1) is 5.27. The molecule has 0 bridgehead atoms. The van der Waals surface area contributed by atoms with Crippen molar-refractivity contribution in [3.05, 3.63) is 30.0 Å². The fourth-order valence-electron chi connectivity index (χ4n) is 0.845. The molecule has 0 N–H and O–H groups in total. The summed E-state index contributed by atoms with van der Waals surface area (Å²) in [5.41, 5.74) is 1.88. The molecule has 11 heavy (non-hydrogen) atoms. The van der Waals surface area contributed by atoms with E-state index >= 15 is 0 Å². The van der Waals surface area contributed by atoms with Crippen LogP contribution in [0.2, 0.25) is 0 Å². The lowest BCUT2D eigenvalue weighted by molar-refractivity contribution is 0.394. The SMILES string of the molecule is C=Cc1ccc(C)c(OC)n1. The average Bonchev–Trinajstić information content (AvgIpc) is 2.05. The first kappa shape index (κ1) is 7.79. The molecule has 0 aliphatic carbocycles. The van der Waals surface area contributed by atoms with Gasteiger partial charge in [0.25, 0.3) is 0 Å². The summed E-state index contributed by atoms with van der Waals surface area (Å²) in [4.78, 5) is 4.17. The van der Waals surface area contributed by atoms with Crippen molar-refractivity contribution in [2.24, 2.45) is 0 Å². The summed E-state index contributed by atoms with van der Waals surface area (Å²) >= 11 is 0. The van der Waals surface area contributed by atoms with Gasteiger partial charge in [-0.15, -0.1) is 0 Å². The Bertz CT molecular complexity index is 268. The third-order valence-corrected chi connectivity index (χ3v) is 1.47. The fourth-order valence-corrected chi connectivity index (χ4v) is 0.845. The molecular weight excluding hydrogens is 138 g/mol. The van der Waals surface area contributed by atoms with Crippen LogP contribution in [0.4, 0.5) is 0 Å². The van der Waals surface area contributed by atoms with Gasteiger partial charge in [-0.05, 0) is 19.1 Å². The molecule has 1 rings (SSSR count). The van der Waals surface area contributed by atoms with E-state index in [1.54, 1.807) is 13.2 Å². The zero-order chi connectivity index (χ0) is 8.27. The average molecular weight is 149 g/mol. The van der Waals surface area contributed by atoms with Gasteiger partial charge in [-0.2, -0.15) is 0 Å². The quantitative estimate of drug-likeness (QED) is 0.642. The minimum absolute atomic E-state index is 0.669. The number of nitrogens with zero attached hydrogens (tertiary/aromatic N) is 1. The van der Waals surface area contributed by atoms with Crippen LogP contribution in [-0.4, -0.2) is 12.1 Å². The van der Waals surface area contributed by atoms with Crippen molar-refractivity contribution >= 4 is 6.08 Å². The van der Waals surface area contributed by atoms with Gasteiger partial charge >= 0.3 is 0 Å². The van der Waals surface area contributed by atoms with Gasteiger partial charge in [-0.3, -0.25) is 0 Å². The van der Waals surface area contributed by atoms with Crippen molar-refractivity contribution in [2.45, 2.75) is 6.92 Å². The Kier molecular flexibility index (Phi) is 2.26. The Morgan fingerprint density at radius 3 is 2.82 bits per heavy atom. The third kappa shape index (κ3) is 1.58. The zero-order valence-electron chi connectivity index (χ0n) is 6.79. The summed E-state index contributed by atoms with van der Waals surface area (Å²) in [6, 6.07) is 3.87. The molecule has 2 nitrogen and oxygen atoms in total. The van der Waals surface area contributed by atoms with Gasteiger partial charge in [-0.1, -0.05) is 12.6 Å². The Morgan fingerprint density at radius 1 is 1.55 bits per heavy atom. The van der Waals surface area contributed by atoms with E-state index in [0.717, 1.165) is 11.3 Å². The van der Waals surface area contributed by atoms with E-state index in [1.165, 1.54) is 0 Å². The molecule has 1 aromatic rings. The molecule has 0 spiro atoms. The van der Waals surface area contributed by atoms with E-state index in [0.29, 0.717) is 5.88 Å². The van der Waals surface area contributed by atoms with E-state index in [1.807, 2.05) is 19.1 Å². The molecule has 1 heterocycles. The van der Waals surface area contributed by atoms with Crippen LogP contribution < -0.4 is 4.74 Å². The molecule has 58 valence electrons. The van der Waals surface area contributed by atoms with E-state index in [9.17, 15) is 0 Å². The molecule has 0 saturated heterocycles. The van der Waals surface area contributed by atoms with E-state index in [-0.39, 0.29) is 0 Å². The molecule has 0 aliphatic rings.